The van der Waals surface area contributed by atoms with E-state index in [2.05, 4.69) is 0 Å². The van der Waals surface area contributed by atoms with Crippen LogP contribution in [-0.2, 0) is 6.18 Å². The fourth-order valence-corrected chi connectivity index (χ4v) is 2.12. The molecular weight excluding hydrogens is 275 g/mol. The van der Waals surface area contributed by atoms with Crippen LogP contribution in [0.5, 0.6) is 0 Å². The first-order valence-electron chi connectivity index (χ1n) is 5.53. The SMILES string of the molecule is Cc1cc(N)c(Cl)cc1-c1ccccc1C(F)(F)F. The van der Waals surface area contributed by atoms with Crippen LogP contribution < -0.4 is 5.73 Å². The Bertz CT molecular complexity index is 621. The van der Waals surface area contributed by atoms with Gasteiger partial charge in [0.1, 0.15) is 0 Å². The Hall–Kier alpha value is -1.68. The minimum atomic E-state index is -4.41. The molecule has 0 aliphatic carbocycles. The van der Waals surface area contributed by atoms with Gasteiger partial charge in [-0.2, -0.15) is 13.2 Å². The molecule has 0 unspecified atom stereocenters. The molecule has 2 rings (SSSR count). The predicted octanol–water partition coefficient (Wildman–Crippen LogP) is 4.92. The molecule has 0 radical (unpaired) electrons. The Morgan fingerprint density at radius 3 is 2.32 bits per heavy atom. The van der Waals surface area contributed by atoms with Gasteiger partial charge < -0.3 is 5.73 Å². The van der Waals surface area contributed by atoms with Crippen LogP contribution >= 0.6 is 11.6 Å². The minimum absolute atomic E-state index is 0.106. The molecule has 0 aliphatic rings. The summed E-state index contributed by atoms with van der Waals surface area (Å²) in [6.07, 6.45) is -4.41. The number of benzene rings is 2. The maximum absolute atomic E-state index is 13.0. The van der Waals surface area contributed by atoms with Crippen LogP contribution in [0.1, 0.15) is 11.1 Å². The van der Waals surface area contributed by atoms with Crippen LogP contribution in [0.25, 0.3) is 11.1 Å². The van der Waals surface area contributed by atoms with E-state index in [1.165, 1.54) is 18.2 Å². The second-order valence-corrected chi connectivity index (χ2v) is 4.64. The average Bonchev–Trinajstić information content (AvgIpc) is 2.33. The molecule has 2 aromatic rings. The summed E-state index contributed by atoms with van der Waals surface area (Å²) in [5.41, 5.74) is 6.50. The summed E-state index contributed by atoms with van der Waals surface area (Å²) in [7, 11) is 0. The molecule has 100 valence electrons. The number of aryl methyl sites for hydroxylation is 1. The number of rotatable bonds is 1. The van der Waals surface area contributed by atoms with E-state index in [9.17, 15) is 13.2 Å². The van der Waals surface area contributed by atoms with E-state index in [0.717, 1.165) is 6.07 Å². The van der Waals surface area contributed by atoms with Gasteiger partial charge in [-0.3, -0.25) is 0 Å². The Morgan fingerprint density at radius 2 is 1.68 bits per heavy atom. The number of nitrogen functional groups attached to an aromatic ring is 1. The molecule has 0 bridgehead atoms. The first kappa shape index (κ1) is 13.7. The second-order valence-electron chi connectivity index (χ2n) is 4.23. The Labute approximate surface area is 113 Å². The Kier molecular flexibility index (Phi) is 3.45. The van der Waals surface area contributed by atoms with E-state index in [-0.39, 0.29) is 10.6 Å². The van der Waals surface area contributed by atoms with E-state index in [1.807, 2.05) is 0 Å². The topological polar surface area (TPSA) is 26.0 Å². The summed E-state index contributed by atoms with van der Waals surface area (Å²) in [5.74, 6) is 0. The van der Waals surface area contributed by atoms with E-state index in [4.69, 9.17) is 17.3 Å². The molecule has 0 fully saturated rings. The molecule has 2 N–H and O–H groups in total. The number of alkyl halides is 3. The Balaban J connectivity index is 2.70. The molecule has 0 amide bonds. The lowest BCUT2D eigenvalue weighted by Gasteiger charge is -2.15. The molecular formula is C14H11ClF3N. The molecule has 0 saturated carbocycles. The first-order chi connectivity index (χ1) is 8.80. The number of hydrogen-bond donors (Lipinski definition) is 1. The molecule has 2 aromatic carbocycles. The molecule has 19 heavy (non-hydrogen) atoms. The van der Waals surface area contributed by atoms with Gasteiger partial charge in [-0.05, 0) is 41.8 Å². The molecule has 0 aliphatic heterocycles. The first-order valence-corrected chi connectivity index (χ1v) is 5.90. The van der Waals surface area contributed by atoms with E-state index in [1.54, 1.807) is 19.1 Å². The zero-order valence-electron chi connectivity index (χ0n) is 10.1. The van der Waals surface area contributed by atoms with Crippen molar-refractivity contribution in [1.29, 1.82) is 0 Å². The molecule has 0 spiro atoms. The smallest absolute Gasteiger partial charge is 0.398 e. The number of anilines is 1. The maximum atomic E-state index is 13.0. The van der Waals surface area contributed by atoms with Gasteiger partial charge in [0, 0.05) is 0 Å². The minimum Gasteiger partial charge on any atom is -0.398 e. The Morgan fingerprint density at radius 1 is 1.05 bits per heavy atom. The number of halogens is 4. The standard InChI is InChI=1S/C14H11ClF3N/c1-8-6-13(19)12(15)7-10(8)9-4-2-3-5-11(9)14(16,17)18/h2-7H,19H2,1H3. The zero-order valence-corrected chi connectivity index (χ0v) is 10.8. The molecule has 0 saturated heterocycles. The lowest BCUT2D eigenvalue weighted by Crippen LogP contribution is -2.07. The van der Waals surface area contributed by atoms with Crippen molar-refractivity contribution in [2.24, 2.45) is 0 Å². The van der Waals surface area contributed by atoms with Crippen LogP contribution in [-0.4, -0.2) is 0 Å². The molecule has 0 atom stereocenters. The van der Waals surface area contributed by atoms with Gasteiger partial charge in [0.05, 0.1) is 16.3 Å². The lowest BCUT2D eigenvalue weighted by atomic mass is 9.95. The van der Waals surface area contributed by atoms with Gasteiger partial charge >= 0.3 is 6.18 Å². The molecule has 0 heterocycles. The molecule has 5 heteroatoms. The number of nitrogens with two attached hydrogens (primary N) is 1. The fraction of sp³-hybridized carbons (Fsp3) is 0.143. The van der Waals surface area contributed by atoms with Crippen molar-refractivity contribution in [2.45, 2.75) is 13.1 Å². The van der Waals surface area contributed by atoms with Gasteiger partial charge in [0.25, 0.3) is 0 Å². The summed E-state index contributed by atoms with van der Waals surface area (Å²) in [6, 6.07) is 8.45. The van der Waals surface area contributed by atoms with Crippen molar-refractivity contribution in [1.82, 2.24) is 0 Å². The predicted molar refractivity (Wildman–Crippen MR) is 71.0 cm³/mol. The van der Waals surface area contributed by atoms with Gasteiger partial charge in [0.2, 0.25) is 0 Å². The van der Waals surface area contributed by atoms with Crippen LogP contribution in [0.15, 0.2) is 36.4 Å². The quantitative estimate of drug-likeness (QED) is 0.740. The van der Waals surface area contributed by atoms with Crippen molar-refractivity contribution in [3.05, 3.63) is 52.5 Å². The summed E-state index contributed by atoms with van der Waals surface area (Å²) in [5, 5.41) is 0.248. The van der Waals surface area contributed by atoms with Gasteiger partial charge in [-0.1, -0.05) is 29.8 Å². The highest BCUT2D eigenvalue weighted by atomic mass is 35.5. The van der Waals surface area contributed by atoms with E-state index >= 15 is 0 Å². The van der Waals surface area contributed by atoms with Crippen LogP contribution in [0.4, 0.5) is 18.9 Å². The summed E-state index contributed by atoms with van der Waals surface area (Å²) in [6.45, 7) is 1.70. The highest BCUT2D eigenvalue weighted by molar-refractivity contribution is 6.33. The zero-order chi connectivity index (χ0) is 14.2. The highest BCUT2D eigenvalue weighted by Gasteiger charge is 2.33. The van der Waals surface area contributed by atoms with Crippen molar-refractivity contribution < 1.29 is 13.2 Å². The number of hydrogen-bond acceptors (Lipinski definition) is 1. The highest BCUT2D eigenvalue weighted by Crippen LogP contribution is 2.39. The van der Waals surface area contributed by atoms with Gasteiger partial charge in [0.15, 0.2) is 0 Å². The van der Waals surface area contributed by atoms with Crippen LogP contribution in [0, 0.1) is 6.92 Å². The third-order valence-electron chi connectivity index (χ3n) is 2.87. The summed E-state index contributed by atoms with van der Waals surface area (Å²) in [4.78, 5) is 0. The van der Waals surface area contributed by atoms with Crippen molar-refractivity contribution in [3.63, 3.8) is 0 Å². The largest absolute Gasteiger partial charge is 0.417 e. The van der Waals surface area contributed by atoms with Crippen molar-refractivity contribution in [3.8, 4) is 11.1 Å². The van der Waals surface area contributed by atoms with E-state index < -0.39 is 11.7 Å². The third-order valence-corrected chi connectivity index (χ3v) is 3.19. The van der Waals surface area contributed by atoms with E-state index in [0.29, 0.717) is 16.8 Å². The monoisotopic (exact) mass is 285 g/mol. The second kappa shape index (κ2) is 4.78. The fourth-order valence-electron chi connectivity index (χ4n) is 1.96. The van der Waals surface area contributed by atoms with Gasteiger partial charge in [-0.25, -0.2) is 0 Å². The van der Waals surface area contributed by atoms with Crippen molar-refractivity contribution >= 4 is 17.3 Å². The van der Waals surface area contributed by atoms with Crippen LogP contribution in [0.2, 0.25) is 5.02 Å². The van der Waals surface area contributed by atoms with Crippen LogP contribution in [0.3, 0.4) is 0 Å². The molecule has 0 aromatic heterocycles. The molecule has 1 nitrogen and oxygen atoms in total. The lowest BCUT2D eigenvalue weighted by molar-refractivity contribution is -0.137. The summed E-state index contributed by atoms with van der Waals surface area (Å²) < 4.78 is 39.0. The maximum Gasteiger partial charge on any atom is 0.417 e. The normalized spacial score (nSPS) is 11.6. The average molecular weight is 286 g/mol. The van der Waals surface area contributed by atoms with Gasteiger partial charge in [-0.15, -0.1) is 0 Å². The summed E-state index contributed by atoms with van der Waals surface area (Å²) >= 11 is 5.90. The third kappa shape index (κ3) is 2.68. The van der Waals surface area contributed by atoms with Crippen molar-refractivity contribution in [2.75, 3.05) is 5.73 Å².